The minimum absolute atomic E-state index is 0.168. The maximum absolute atomic E-state index is 10.4. The van der Waals surface area contributed by atoms with E-state index in [0.29, 0.717) is 5.75 Å². The highest BCUT2D eigenvalue weighted by molar-refractivity contribution is 7.99. The fraction of sp³-hybridized carbons (Fsp3) is 0.364. The summed E-state index contributed by atoms with van der Waals surface area (Å²) in [5.41, 5.74) is 1.07. The lowest BCUT2D eigenvalue weighted by molar-refractivity contribution is -0.136. The van der Waals surface area contributed by atoms with Crippen molar-refractivity contribution >= 4 is 17.7 Å². The van der Waals surface area contributed by atoms with Gasteiger partial charge in [0, 0.05) is 10.6 Å². The molecule has 0 bridgehead atoms. The van der Waals surface area contributed by atoms with Crippen LogP contribution in [0.1, 0.15) is 12.0 Å². The molecular formula is C11H14O3S. The molecule has 0 aliphatic rings. The van der Waals surface area contributed by atoms with Gasteiger partial charge < -0.3 is 9.84 Å². The second-order valence-corrected chi connectivity index (χ2v) is 4.24. The van der Waals surface area contributed by atoms with Crippen LogP contribution < -0.4 is 4.74 Å². The Labute approximate surface area is 93.4 Å². The third-order valence-electron chi connectivity index (χ3n) is 1.95. The van der Waals surface area contributed by atoms with Gasteiger partial charge in [-0.1, -0.05) is 12.1 Å². The van der Waals surface area contributed by atoms with E-state index in [9.17, 15) is 4.79 Å². The number of para-hydroxylation sites is 1. The molecule has 0 aromatic heterocycles. The molecule has 0 heterocycles. The maximum atomic E-state index is 10.4. The smallest absolute Gasteiger partial charge is 0.304 e. The molecule has 0 radical (unpaired) electrons. The first-order chi connectivity index (χ1) is 7.15. The Morgan fingerprint density at radius 1 is 1.53 bits per heavy atom. The molecule has 82 valence electrons. The standard InChI is InChI=1S/C11H14O3S/c1-8-4-3-5-9(11(8)14-2)15-7-6-10(12)13/h3-5H,6-7H2,1-2H3,(H,12,13). The van der Waals surface area contributed by atoms with Crippen LogP contribution in [0.25, 0.3) is 0 Å². The van der Waals surface area contributed by atoms with E-state index in [0.717, 1.165) is 16.2 Å². The number of methoxy groups -OCH3 is 1. The Balaban J connectivity index is 2.67. The topological polar surface area (TPSA) is 46.5 Å². The quantitative estimate of drug-likeness (QED) is 0.784. The molecule has 1 aromatic carbocycles. The van der Waals surface area contributed by atoms with Gasteiger partial charge in [0.05, 0.1) is 13.5 Å². The molecule has 0 atom stereocenters. The van der Waals surface area contributed by atoms with Crippen molar-refractivity contribution < 1.29 is 14.6 Å². The molecule has 0 spiro atoms. The summed E-state index contributed by atoms with van der Waals surface area (Å²) in [7, 11) is 1.63. The molecule has 0 saturated heterocycles. The van der Waals surface area contributed by atoms with Crippen molar-refractivity contribution in [3.05, 3.63) is 23.8 Å². The molecule has 0 aliphatic carbocycles. The first-order valence-electron chi connectivity index (χ1n) is 4.63. The zero-order valence-electron chi connectivity index (χ0n) is 8.82. The van der Waals surface area contributed by atoms with Crippen molar-refractivity contribution in [2.45, 2.75) is 18.2 Å². The van der Waals surface area contributed by atoms with Gasteiger partial charge in [0.25, 0.3) is 0 Å². The normalized spacial score (nSPS) is 10.0. The largest absolute Gasteiger partial charge is 0.495 e. The van der Waals surface area contributed by atoms with Crippen molar-refractivity contribution in [3.63, 3.8) is 0 Å². The zero-order valence-corrected chi connectivity index (χ0v) is 9.63. The van der Waals surface area contributed by atoms with Crippen LogP contribution in [0.3, 0.4) is 0 Å². The van der Waals surface area contributed by atoms with Crippen molar-refractivity contribution in [3.8, 4) is 5.75 Å². The Kier molecular flexibility index (Phi) is 4.49. The minimum atomic E-state index is -0.769. The molecule has 0 unspecified atom stereocenters. The van der Waals surface area contributed by atoms with E-state index in [1.54, 1.807) is 7.11 Å². The van der Waals surface area contributed by atoms with E-state index in [1.165, 1.54) is 11.8 Å². The first kappa shape index (κ1) is 11.9. The van der Waals surface area contributed by atoms with Gasteiger partial charge in [-0.3, -0.25) is 4.79 Å². The highest BCUT2D eigenvalue weighted by Crippen LogP contribution is 2.32. The third kappa shape index (κ3) is 3.47. The molecule has 15 heavy (non-hydrogen) atoms. The zero-order chi connectivity index (χ0) is 11.3. The molecule has 4 heteroatoms. The second kappa shape index (κ2) is 5.66. The molecule has 0 aliphatic heterocycles. The van der Waals surface area contributed by atoms with Crippen molar-refractivity contribution in [1.82, 2.24) is 0 Å². The summed E-state index contributed by atoms with van der Waals surface area (Å²) in [6.45, 7) is 1.97. The summed E-state index contributed by atoms with van der Waals surface area (Å²) in [4.78, 5) is 11.4. The predicted octanol–water partition coefficient (Wildman–Crippen LogP) is 2.57. The monoisotopic (exact) mass is 226 g/mol. The highest BCUT2D eigenvalue weighted by atomic mass is 32.2. The number of hydrogen-bond acceptors (Lipinski definition) is 3. The highest BCUT2D eigenvalue weighted by Gasteiger charge is 2.06. The van der Waals surface area contributed by atoms with E-state index < -0.39 is 5.97 Å². The molecule has 3 nitrogen and oxygen atoms in total. The van der Waals surface area contributed by atoms with E-state index in [2.05, 4.69) is 0 Å². The summed E-state index contributed by atoms with van der Waals surface area (Å²) in [6.07, 6.45) is 0.168. The van der Waals surface area contributed by atoms with Gasteiger partial charge in [-0.05, 0) is 18.6 Å². The van der Waals surface area contributed by atoms with Gasteiger partial charge in [0.15, 0.2) is 0 Å². The van der Waals surface area contributed by atoms with Gasteiger partial charge in [-0.15, -0.1) is 11.8 Å². The van der Waals surface area contributed by atoms with Crippen LogP contribution in [0.4, 0.5) is 0 Å². The molecule has 1 N–H and O–H groups in total. The van der Waals surface area contributed by atoms with Crippen molar-refractivity contribution in [1.29, 1.82) is 0 Å². The summed E-state index contributed by atoms with van der Waals surface area (Å²) in [5.74, 6) is 0.636. The number of hydrogen-bond donors (Lipinski definition) is 1. The van der Waals surface area contributed by atoms with E-state index in [4.69, 9.17) is 9.84 Å². The van der Waals surface area contributed by atoms with Gasteiger partial charge >= 0.3 is 5.97 Å². The van der Waals surface area contributed by atoms with Crippen LogP contribution in [-0.4, -0.2) is 23.9 Å². The lowest BCUT2D eigenvalue weighted by Gasteiger charge is -2.09. The van der Waals surface area contributed by atoms with Crippen LogP contribution in [0, 0.1) is 6.92 Å². The number of benzene rings is 1. The molecule has 1 rings (SSSR count). The van der Waals surface area contributed by atoms with E-state index in [-0.39, 0.29) is 6.42 Å². The first-order valence-corrected chi connectivity index (χ1v) is 5.62. The van der Waals surface area contributed by atoms with Crippen molar-refractivity contribution in [2.24, 2.45) is 0 Å². The van der Waals surface area contributed by atoms with Gasteiger partial charge in [-0.2, -0.15) is 0 Å². The number of aryl methyl sites for hydroxylation is 1. The molecule has 0 saturated carbocycles. The Morgan fingerprint density at radius 3 is 2.87 bits per heavy atom. The van der Waals surface area contributed by atoms with E-state index >= 15 is 0 Å². The summed E-state index contributed by atoms with van der Waals surface area (Å²) < 4.78 is 5.27. The lowest BCUT2D eigenvalue weighted by Crippen LogP contribution is -1.96. The number of rotatable bonds is 5. The van der Waals surface area contributed by atoms with Crippen LogP contribution in [0.5, 0.6) is 5.75 Å². The van der Waals surface area contributed by atoms with E-state index in [1.807, 2.05) is 25.1 Å². The number of carboxylic acids is 1. The lowest BCUT2D eigenvalue weighted by atomic mass is 10.2. The Morgan fingerprint density at radius 2 is 2.27 bits per heavy atom. The SMILES string of the molecule is COc1c(C)cccc1SCCC(=O)O. The van der Waals surface area contributed by atoms with Crippen LogP contribution in [0.2, 0.25) is 0 Å². The number of ether oxygens (including phenoxy) is 1. The molecule has 0 amide bonds. The Bertz CT molecular complexity index is 350. The predicted molar refractivity (Wildman–Crippen MR) is 60.7 cm³/mol. The summed E-state index contributed by atoms with van der Waals surface area (Å²) in [6, 6.07) is 5.86. The van der Waals surface area contributed by atoms with Crippen LogP contribution in [-0.2, 0) is 4.79 Å². The van der Waals surface area contributed by atoms with Gasteiger partial charge in [0.2, 0.25) is 0 Å². The average molecular weight is 226 g/mol. The van der Waals surface area contributed by atoms with Gasteiger partial charge in [-0.25, -0.2) is 0 Å². The summed E-state index contributed by atoms with van der Waals surface area (Å²) >= 11 is 1.51. The van der Waals surface area contributed by atoms with Gasteiger partial charge in [0.1, 0.15) is 5.75 Å². The van der Waals surface area contributed by atoms with Crippen LogP contribution >= 0.6 is 11.8 Å². The Hall–Kier alpha value is -1.16. The average Bonchev–Trinajstić information content (AvgIpc) is 2.17. The number of aliphatic carboxylic acids is 1. The summed E-state index contributed by atoms with van der Waals surface area (Å²) in [5, 5.41) is 8.53. The number of thioether (sulfide) groups is 1. The third-order valence-corrected chi connectivity index (χ3v) is 2.99. The second-order valence-electron chi connectivity index (χ2n) is 3.10. The van der Waals surface area contributed by atoms with Crippen LogP contribution in [0.15, 0.2) is 23.1 Å². The minimum Gasteiger partial charge on any atom is -0.495 e. The molecule has 0 fully saturated rings. The number of carbonyl (C=O) groups is 1. The fourth-order valence-electron chi connectivity index (χ4n) is 1.25. The molecular weight excluding hydrogens is 212 g/mol. The maximum Gasteiger partial charge on any atom is 0.304 e. The number of carboxylic acid groups (broad SMARTS) is 1. The van der Waals surface area contributed by atoms with Crippen molar-refractivity contribution in [2.75, 3.05) is 12.9 Å². The molecule has 1 aromatic rings. The fourth-order valence-corrected chi connectivity index (χ4v) is 2.30.